The molecule has 1 N–H and O–H groups in total. The molecule has 1 aromatic rings. The zero-order chi connectivity index (χ0) is 15.1. The second-order valence-corrected chi connectivity index (χ2v) is 5.47. The third kappa shape index (κ3) is 2.00. The van der Waals surface area contributed by atoms with Crippen LogP contribution in [0.1, 0.15) is 19.3 Å². The number of rotatable bonds is 4. The second-order valence-electron chi connectivity index (χ2n) is 5.47. The van der Waals surface area contributed by atoms with E-state index in [-0.39, 0.29) is 23.5 Å². The highest BCUT2D eigenvalue weighted by Crippen LogP contribution is 2.49. The number of carbonyl (C=O) groups is 1. The lowest BCUT2D eigenvalue weighted by molar-refractivity contribution is -0.385. The van der Waals surface area contributed by atoms with Crippen molar-refractivity contribution in [2.75, 3.05) is 12.0 Å². The number of carboxylic acids is 1. The van der Waals surface area contributed by atoms with Crippen molar-refractivity contribution in [2.45, 2.75) is 31.3 Å². The Hall–Kier alpha value is -2.31. The minimum atomic E-state index is -0.822. The molecule has 2 bridgehead atoms. The standard InChI is InChI=1S/C14H16N2O5/c1-21-12-4-2-3-11(13(12)16(19)20)15-8-5-6-10(15)9(7-8)14(17)18/h2-4,8-10H,5-7H2,1H3,(H,17,18). The van der Waals surface area contributed by atoms with E-state index in [9.17, 15) is 20.0 Å². The van der Waals surface area contributed by atoms with Crippen LogP contribution in [0.3, 0.4) is 0 Å². The summed E-state index contributed by atoms with van der Waals surface area (Å²) in [5.74, 6) is -1.07. The van der Waals surface area contributed by atoms with Crippen LogP contribution in [0.4, 0.5) is 11.4 Å². The van der Waals surface area contributed by atoms with Crippen molar-refractivity contribution >= 4 is 17.3 Å². The second kappa shape index (κ2) is 4.91. The van der Waals surface area contributed by atoms with Gasteiger partial charge in [-0.25, -0.2) is 0 Å². The maximum absolute atomic E-state index is 11.4. The van der Waals surface area contributed by atoms with E-state index in [1.54, 1.807) is 18.2 Å². The number of fused-ring (bicyclic) bond motifs is 2. The number of methoxy groups -OCH3 is 1. The normalized spacial score (nSPS) is 26.9. The van der Waals surface area contributed by atoms with Gasteiger partial charge in [-0.15, -0.1) is 0 Å². The molecule has 7 heteroatoms. The number of para-hydroxylation sites is 1. The summed E-state index contributed by atoms with van der Waals surface area (Å²) in [6, 6.07) is 4.82. The van der Waals surface area contributed by atoms with Gasteiger partial charge in [-0.05, 0) is 31.4 Å². The predicted octanol–water partition coefficient (Wildman–Crippen LogP) is 2.05. The Morgan fingerprint density at radius 3 is 2.81 bits per heavy atom. The van der Waals surface area contributed by atoms with Crippen LogP contribution in [0.2, 0.25) is 0 Å². The smallest absolute Gasteiger partial charge is 0.333 e. The Labute approximate surface area is 121 Å². The summed E-state index contributed by atoms with van der Waals surface area (Å²) in [6.45, 7) is 0. The Morgan fingerprint density at radius 2 is 2.24 bits per heavy atom. The van der Waals surface area contributed by atoms with Crippen molar-refractivity contribution in [1.29, 1.82) is 0 Å². The van der Waals surface area contributed by atoms with Gasteiger partial charge in [0, 0.05) is 12.1 Å². The van der Waals surface area contributed by atoms with E-state index < -0.39 is 16.8 Å². The number of anilines is 1. The maximum atomic E-state index is 11.4. The van der Waals surface area contributed by atoms with E-state index >= 15 is 0 Å². The average Bonchev–Trinajstić information content (AvgIpc) is 3.03. The predicted molar refractivity (Wildman–Crippen MR) is 74.7 cm³/mol. The molecule has 2 aliphatic rings. The van der Waals surface area contributed by atoms with Crippen molar-refractivity contribution in [2.24, 2.45) is 5.92 Å². The molecule has 2 fully saturated rings. The Bertz CT molecular complexity index is 603. The fourth-order valence-corrected chi connectivity index (χ4v) is 3.70. The molecule has 3 unspecified atom stereocenters. The highest BCUT2D eigenvalue weighted by atomic mass is 16.6. The van der Waals surface area contributed by atoms with Crippen molar-refractivity contribution in [3.05, 3.63) is 28.3 Å². The van der Waals surface area contributed by atoms with Gasteiger partial charge in [-0.1, -0.05) is 6.07 Å². The van der Waals surface area contributed by atoms with Crippen LogP contribution < -0.4 is 9.64 Å². The van der Waals surface area contributed by atoms with Crippen LogP contribution >= 0.6 is 0 Å². The van der Waals surface area contributed by atoms with Crippen LogP contribution in [0.25, 0.3) is 0 Å². The third-order valence-electron chi connectivity index (χ3n) is 4.51. The number of nitro groups is 1. The first kappa shape index (κ1) is 13.7. The number of ether oxygens (including phenoxy) is 1. The third-order valence-corrected chi connectivity index (χ3v) is 4.51. The van der Waals surface area contributed by atoms with Gasteiger partial charge in [0.15, 0.2) is 5.75 Å². The largest absolute Gasteiger partial charge is 0.490 e. The summed E-state index contributed by atoms with van der Waals surface area (Å²) in [4.78, 5) is 24.2. The first-order valence-electron chi connectivity index (χ1n) is 6.87. The molecule has 3 atom stereocenters. The molecular weight excluding hydrogens is 276 g/mol. The fourth-order valence-electron chi connectivity index (χ4n) is 3.70. The van der Waals surface area contributed by atoms with Crippen LogP contribution in [0.5, 0.6) is 5.75 Å². The summed E-state index contributed by atoms with van der Waals surface area (Å²) < 4.78 is 5.09. The van der Waals surface area contributed by atoms with Gasteiger partial charge in [-0.3, -0.25) is 14.9 Å². The van der Waals surface area contributed by atoms with Gasteiger partial charge in [0.25, 0.3) is 0 Å². The summed E-state index contributed by atoms with van der Waals surface area (Å²) in [7, 11) is 1.39. The molecule has 3 rings (SSSR count). The van der Waals surface area contributed by atoms with E-state index in [2.05, 4.69) is 0 Å². The molecule has 0 aliphatic carbocycles. The van der Waals surface area contributed by atoms with E-state index in [0.29, 0.717) is 12.1 Å². The molecule has 2 saturated heterocycles. The van der Waals surface area contributed by atoms with Crippen LogP contribution in [0.15, 0.2) is 18.2 Å². The van der Waals surface area contributed by atoms with Gasteiger partial charge < -0.3 is 14.7 Å². The topological polar surface area (TPSA) is 92.9 Å². The number of nitrogens with zero attached hydrogens (tertiary/aromatic N) is 2. The van der Waals surface area contributed by atoms with Crippen molar-refractivity contribution in [3.63, 3.8) is 0 Å². The minimum absolute atomic E-state index is 0.0573. The quantitative estimate of drug-likeness (QED) is 0.674. The molecule has 0 saturated carbocycles. The van der Waals surface area contributed by atoms with E-state index in [0.717, 1.165) is 12.8 Å². The van der Waals surface area contributed by atoms with E-state index in [1.807, 2.05) is 4.90 Å². The van der Waals surface area contributed by atoms with Gasteiger partial charge in [0.2, 0.25) is 0 Å². The molecule has 0 aromatic heterocycles. The molecular formula is C14H16N2O5. The zero-order valence-corrected chi connectivity index (χ0v) is 11.6. The minimum Gasteiger partial charge on any atom is -0.490 e. The Morgan fingerprint density at radius 1 is 1.48 bits per heavy atom. The lowest BCUT2D eigenvalue weighted by Gasteiger charge is -2.25. The van der Waals surface area contributed by atoms with Gasteiger partial charge >= 0.3 is 11.7 Å². The fraction of sp³-hybridized carbons (Fsp3) is 0.500. The van der Waals surface area contributed by atoms with Crippen LogP contribution in [0, 0.1) is 16.0 Å². The van der Waals surface area contributed by atoms with Crippen molar-refractivity contribution in [3.8, 4) is 5.75 Å². The number of nitro benzene ring substituents is 1. The maximum Gasteiger partial charge on any atom is 0.333 e. The first-order valence-corrected chi connectivity index (χ1v) is 6.87. The molecule has 112 valence electrons. The summed E-state index contributed by atoms with van der Waals surface area (Å²) in [5, 5.41) is 20.7. The average molecular weight is 292 g/mol. The highest BCUT2D eigenvalue weighted by molar-refractivity contribution is 5.77. The van der Waals surface area contributed by atoms with E-state index in [1.165, 1.54) is 7.11 Å². The Kier molecular flexibility index (Phi) is 3.19. The van der Waals surface area contributed by atoms with Crippen LogP contribution in [-0.2, 0) is 4.79 Å². The molecule has 21 heavy (non-hydrogen) atoms. The lowest BCUT2D eigenvalue weighted by Crippen LogP contribution is -2.33. The number of hydrogen-bond acceptors (Lipinski definition) is 5. The molecule has 7 nitrogen and oxygen atoms in total. The highest BCUT2D eigenvalue weighted by Gasteiger charge is 2.51. The lowest BCUT2D eigenvalue weighted by atomic mass is 9.89. The van der Waals surface area contributed by atoms with Gasteiger partial charge in [0.05, 0.1) is 18.0 Å². The summed E-state index contributed by atoms with van der Waals surface area (Å²) >= 11 is 0. The van der Waals surface area contributed by atoms with Crippen molar-refractivity contribution < 1.29 is 19.6 Å². The molecule has 0 amide bonds. The summed E-state index contributed by atoms with van der Waals surface area (Å²) in [6.07, 6.45) is 2.19. The first-order chi connectivity index (χ1) is 10.0. The van der Waals surface area contributed by atoms with Crippen LogP contribution in [-0.4, -0.2) is 35.2 Å². The SMILES string of the molecule is COc1cccc(N2C3CCC2C(C(=O)O)C3)c1[N+](=O)[O-]. The molecule has 1 aromatic carbocycles. The molecule has 2 aliphatic heterocycles. The van der Waals surface area contributed by atoms with Gasteiger partial charge in [0.1, 0.15) is 5.69 Å². The molecule has 0 radical (unpaired) electrons. The monoisotopic (exact) mass is 292 g/mol. The molecule has 2 heterocycles. The number of aliphatic carboxylic acids is 1. The number of carboxylic acid groups (broad SMARTS) is 1. The molecule has 0 spiro atoms. The number of benzene rings is 1. The Balaban J connectivity index is 2.06. The van der Waals surface area contributed by atoms with Crippen molar-refractivity contribution in [1.82, 2.24) is 0 Å². The zero-order valence-electron chi connectivity index (χ0n) is 11.6. The van der Waals surface area contributed by atoms with Gasteiger partial charge in [-0.2, -0.15) is 0 Å². The summed E-state index contributed by atoms with van der Waals surface area (Å²) in [5.41, 5.74) is 0.388. The number of hydrogen-bond donors (Lipinski definition) is 1. The van der Waals surface area contributed by atoms with E-state index in [4.69, 9.17) is 4.74 Å².